The van der Waals surface area contributed by atoms with Crippen LogP contribution in [-0.4, -0.2) is 6.54 Å². The predicted octanol–water partition coefficient (Wildman–Crippen LogP) is 15.7. The third-order valence-corrected chi connectivity index (χ3v) is 13.5. The third-order valence-electron chi connectivity index (χ3n) is 13.5. The van der Waals surface area contributed by atoms with Crippen LogP contribution in [0.25, 0.3) is 67.7 Å². The molecular weight excluding hydrogens is 725 g/mol. The van der Waals surface area contributed by atoms with Crippen LogP contribution in [0.4, 0.5) is 28.4 Å². The van der Waals surface area contributed by atoms with Gasteiger partial charge in [0.15, 0.2) is 0 Å². The van der Waals surface area contributed by atoms with Crippen molar-refractivity contribution in [3.05, 3.63) is 209 Å². The Labute approximate surface area is 352 Å². The second kappa shape index (κ2) is 13.4. The van der Waals surface area contributed by atoms with E-state index in [9.17, 15) is 0 Å². The molecule has 0 atom stereocenters. The summed E-state index contributed by atoms with van der Waals surface area (Å²) < 4.78 is 0. The predicted molar refractivity (Wildman–Crippen MR) is 257 cm³/mol. The quantitative estimate of drug-likeness (QED) is 0.130. The van der Waals surface area contributed by atoms with Gasteiger partial charge in [-0.2, -0.15) is 0 Å². The first-order valence-electron chi connectivity index (χ1n) is 21.4. The monoisotopic (exact) mass is 768 g/mol. The summed E-state index contributed by atoms with van der Waals surface area (Å²) >= 11 is 0. The second-order valence-electron chi connectivity index (χ2n) is 17.2. The van der Waals surface area contributed by atoms with Crippen LogP contribution < -0.4 is 9.80 Å². The van der Waals surface area contributed by atoms with Gasteiger partial charge in [-0.3, -0.25) is 0 Å². The zero-order valence-corrected chi connectivity index (χ0v) is 34.0. The number of fused-ring (bicyclic) bond motifs is 12. The van der Waals surface area contributed by atoms with Crippen molar-refractivity contribution >= 4 is 85.1 Å². The molecule has 2 heterocycles. The Morgan fingerprint density at radius 3 is 1.72 bits per heavy atom. The Bertz CT molecular complexity index is 3220. The summed E-state index contributed by atoms with van der Waals surface area (Å²) in [6, 6.07) is 63.4. The van der Waals surface area contributed by atoms with E-state index in [0.29, 0.717) is 0 Å². The minimum atomic E-state index is -0.0977. The van der Waals surface area contributed by atoms with E-state index in [0.717, 1.165) is 18.7 Å². The summed E-state index contributed by atoms with van der Waals surface area (Å²) in [6.45, 7) is 5.84. The highest BCUT2D eigenvalue weighted by atomic mass is 15.2. The summed E-state index contributed by atoms with van der Waals surface area (Å²) in [5.74, 6) is 0. The molecule has 0 unspecified atom stereocenters. The minimum Gasteiger partial charge on any atom is -0.341 e. The molecule has 0 amide bonds. The molecule has 9 aromatic rings. The van der Waals surface area contributed by atoms with Gasteiger partial charge in [-0.1, -0.05) is 159 Å². The van der Waals surface area contributed by atoms with Crippen LogP contribution in [0.5, 0.6) is 0 Å². The fraction of sp³-hybridized carbons (Fsp3) is 0.103. The molecule has 0 bridgehead atoms. The number of para-hydroxylation sites is 3. The van der Waals surface area contributed by atoms with Gasteiger partial charge in [0.05, 0.1) is 11.4 Å². The summed E-state index contributed by atoms with van der Waals surface area (Å²) in [4.78, 5) is 4.94. The molecular formula is C58H44N2. The van der Waals surface area contributed by atoms with Gasteiger partial charge in [-0.15, -0.1) is 0 Å². The Balaban J connectivity index is 0.896. The molecule has 0 spiro atoms. The fourth-order valence-corrected chi connectivity index (χ4v) is 10.5. The highest BCUT2D eigenvalue weighted by Gasteiger charge is 2.36. The lowest BCUT2D eigenvalue weighted by Gasteiger charge is -2.32. The van der Waals surface area contributed by atoms with Gasteiger partial charge in [-0.05, 0) is 144 Å². The average Bonchev–Trinajstić information content (AvgIpc) is 3.40. The van der Waals surface area contributed by atoms with Crippen molar-refractivity contribution in [2.45, 2.75) is 32.1 Å². The van der Waals surface area contributed by atoms with E-state index in [4.69, 9.17) is 0 Å². The second-order valence-corrected chi connectivity index (χ2v) is 17.2. The van der Waals surface area contributed by atoms with Crippen LogP contribution in [0.1, 0.15) is 59.2 Å². The lowest BCUT2D eigenvalue weighted by molar-refractivity contribution is 0.659. The van der Waals surface area contributed by atoms with Crippen LogP contribution in [0.3, 0.4) is 0 Å². The van der Waals surface area contributed by atoms with E-state index in [1.54, 1.807) is 0 Å². The molecule has 0 aromatic heterocycles. The van der Waals surface area contributed by atoms with Crippen molar-refractivity contribution in [3.63, 3.8) is 0 Å². The zero-order valence-electron chi connectivity index (χ0n) is 34.0. The van der Waals surface area contributed by atoms with Gasteiger partial charge in [0.25, 0.3) is 0 Å². The summed E-state index contributed by atoms with van der Waals surface area (Å²) in [5, 5.41) is 7.63. The van der Waals surface area contributed by atoms with Crippen molar-refractivity contribution in [1.82, 2.24) is 0 Å². The molecule has 60 heavy (non-hydrogen) atoms. The smallest absolute Gasteiger partial charge is 0.0534 e. The lowest BCUT2D eigenvalue weighted by Crippen LogP contribution is -2.25. The number of nitrogens with zero attached hydrogens (tertiary/aromatic N) is 2. The van der Waals surface area contributed by atoms with Crippen LogP contribution in [0.2, 0.25) is 0 Å². The number of benzene rings is 9. The number of anilines is 5. The molecule has 0 saturated heterocycles. The van der Waals surface area contributed by atoms with Crippen molar-refractivity contribution in [3.8, 4) is 11.1 Å². The molecule has 286 valence electrons. The van der Waals surface area contributed by atoms with Gasteiger partial charge < -0.3 is 9.80 Å². The fourth-order valence-electron chi connectivity index (χ4n) is 10.5. The molecule has 12 rings (SSSR count). The van der Waals surface area contributed by atoms with Crippen molar-refractivity contribution < 1.29 is 0 Å². The van der Waals surface area contributed by atoms with Gasteiger partial charge >= 0.3 is 0 Å². The van der Waals surface area contributed by atoms with Gasteiger partial charge in [0, 0.05) is 29.0 Å². The molecule has 0 radical (unpaired) electrons. The van der Waals surface area contributed by atoms with E-state index in [2.05, 4.69) is 218 Å². The Hall–Kier alpha value is -7.16. The molecule has 0 N–H and O–H groups in total. The van der Waals surface area contributed by atoms with Crippen molar-refractivity contribution in [2.24, 2.45) is 0 Å². The molecule has 1 aliphatic carbocycles. The lowest BCUT2D eigenvalue weighted by atomic mass is 9.81. The molecule has 9 aromatic carbocycles. The first kappa shape index (κ1) is 34.8. The maximum atomic E-state index is 2.52. The summed E-state index contributed by atoms with van der Waals surface area (Å²) in [5.41, 5.74) is 17.9. The average molecular weight is 769 g/mol. The highest BCUT2D eigenvalue weighted by molar-refractivity contribution is 6.26. The van der Waals surface area contributed by atoms with Crippen LogP contribution in [0.15, 0.2) is 170 Å². The topological polar surface area (TPSA) is 6.48 Å². The molecule has 0 fully saturated rings. The normalized spacial score (nSPS) is 14.9. The molecule has 3 aliphatic rings. The van der Waals surface area contributed by atoms with E-state index < -0.39 is 0 Å². The first-order chi connectivity index (χ1) is 29.5. The van der Waals surface area contributed by atoms with Crippen LogP contribution >= 0.6 is 0 Å². The zero-order chi connectivity index (χ0) is 40.0. The number of aryl methyl sites for hydroxylation is 1. The first-order valence-corrected chi connectivity index (χ1v) is 21.4. The Morgan fingerprint density at radius 2 is 0.983 bits per heavy atom. The molecule has 2 nitrogen and oxygen atoms in total. The van der Waals surface area contributed by atoms with E-state index >= 15 is 0 Å². The van der Waals surface area contributed by atoms with Crippen LogP contribution in [-0.2, 0) is 11.8 Å². The Morgan fingerprint density at radius 1 is 0.450 bits per heavy atom. The van der Waals surface area contributed by atoms with Gasteiger partial charge in [-0.25, -0.2) is 0 Å². The standard InChI is InChI=1S/C58H44N2/c1-58(2)53-35-39(24-30-49(53)50-32-27-43(37-54(50)58)59-33-11-15-40-12-3-8-18-55(40)59)22-21-38-23-29-47-48-31-28-44(36-52(48)46-17-7-6-16-45(46)51(47)34-38)60-56-19-9-4-13-41(56)25-26-42-14-5-10-20-57(42)60/h3-10,12-14,16-32,34-37H,11,15,33H2,1-2H3. The van der Waals surface area contributed by atoms with Crippen LogP contribution in [0, 0.1) is 0 Å². The molecule has 0 saturated carbocycles. The van der Waals surface area contributed by atoms with Crippen molar-refractivity contribution in [2.75, 3.05) is 16.3 Å². The minimum absolute atomic E-state index is 0.0977. The summed E-state index contributed by atoms with van der Waals surface area (Å²) in [6.07, 6.45) is 11.4. The summed E-state index contributed by atoms with van der Waals surface area (Å²) in [7, 11) is 0. The molecule has 2 aliphatic heterocycles. The maximum absolute atomic E-state index is 2.52. The highest BCUT2D eigenvalue weighted by Crippen LogP contribution is 2.51. The number of hydrogen-bond donors (Lipinski definition) is 0. The SMILES string of the molecule is CC1(C)c2cc(C=Cc3ccc4c5ccc(N6c7ccccc7C=Cc7ccccc76)cc5c5ccccc5c4c3)ccc2-c2ccc(N3CCCc4ccccc43)cc21. The van der Waals surface area contributed by atoms with E-state index in [1.807, 2.05) is 0 Å². The van der Waals surface area contributed by atoms with Gasteiger partial charge in [0.2, 0.25) is 0 Å². The number of hydrogen-bond acceptors (Lipinski definition) is 2. The maximum Gasteiger partial charge on any atom is 0.0534 e. The van der Waals surface area contributed by atoms with E-state index in [1.165, 1.54) is 112 Å². The van der Waals surface area contributed by atoms with Crippen molar-refractivity contribution in [1.29, 1.82) is 0 Å². The molecule has 2 heteroatoms. The Kier molecular flexibility index (Phi) is 7.81. The largest absolute Gasteiger partial charge is 0.341 e. The third kappa shape index (κ3) is 5.41. The van der Waals surface area contributed by atoms with E-state index in [-0.39, 0.29) is 5.41 Å². The van der Waals surface area contributed by atoms with Gasteiger partial charge in [0.1, 0.15) is 0 Å². The number of rotatable bonds is 4.